The Labute approximate surface area is 127 Å². The summed E-state index contributed by atoms with van der Waals surface area (Å²) < 4.78 is 10.9. The molecule has 1 unspecified atom stereocenters. The first-order valence-corrected chi connectivity index (χ1v) is 7.47. The van der Waals surface area contributed by atoms with E-state index in [9.17, 15) is 4.79 Å². The minimum atomic E-state index is -0.260. The molecule has 1 aromatic rings. The predicted molar refractivity (Wildman–Crippen MR) is 82.9 cm³/mol. The van der Waals surface area contributed by atoms with Crippen LogP contribution in [0.25, 0.3) is 0 Å². The molecule has 0 amide bonds. The number of rotatable bonds is 3. The van der Waals surface area contributed by atoms with Gasteiger partial charge in [-0.2, -0.15) is 0 Å². The number of carbonyl (C=O) groups is 1. The Morgan fingerprint density at radius 2 is 1.90 bits per heavy atom. The van der Waals surface area contributed by atoms with Gasteiger partial charge < -0.3 is 9.47 Å². The van der Waals surface area contributed by atoms with Gasteiger partial charge in [-0.15, -0.1) is 0 Å². The van der Waals surface area contributed by atoms with Crippen molar-refractivity contribution in [3.05, 3.63) is 46.7 Å². The van der Waals surface area contributed by atoms with Gasteiger partial charge in [0, 0.05) is 6.42 Å². The summed E-state index contributed by atoms with van der Waals surface area (Å²) in [5, 5.41) is 0. The Hall–Kier alpha value is -1.77. The van der Waals surface area contributed by atoms with Crippen LogP contribution in [0.5, 0.6) is 0 Å². The van der Waals surface area contributed by atoms with Crippen molar-refractivity contribution >= 4 is 5.97 Å². The maximum absolute atomic E-state index is 11.9. The molecule has 114 valence electrons. The Bertz CT molecular complexity index is 547. The highest BCUT2D eigenvalue weighted by molar-refractivity contribution is 5.89. The largest absolute Gasteiger partial charge is 0.489 e. The van der Waals surface area contributed by atoms with Crippen molar-refractivity contribution < 1.29 is 14.3 Å². The van der Waals surface area contributed by atoms with E-state index in [1.54, 1.807) is 0 Å². The fraction of sp³-hybridized carbons (Fsp3) is 0.500. The zero-order chi connectivity index (χ0) is 15.6. The molecule has 0 saturated heterocycles. The van der Waals surface area contributed by atoms with Gasteiger partial charge in [-0.25, -0.2) is 4.79 Å². The molecule has 0 bridgehead atoms. The normalized spacial score (nSPS) is 18.6. The van der Waals surface area contributed by atoms with Crippen LogP contribution < -0.4 is 0 Å². The number of ether oxygens (including phenoxy) is 2. The van der Waals surface area contributed by atoms with Crippen LogP contribution in [-0.4, -0.2) is 12.6 Å². The number of esters is 1. The standard InChI is InChI=1S/C18H24O3/c1-6-20-17(19)15-11-16(21-12(15)2)13-7-9-14(10-8-13)18(3,4)5/h7-10,16H,6,11H2,1-5H3. The van der Waals surface area contributed by atoms with Gasteiger partial charge in [-0.05, 0) is 30.4 Å². The van der Waals surface area contributed by atoms with Crippen LogP contribution in [0.4, 0.5) is 0 Å². The lowest BCUT2D eigenvalue weighted by atomic mass is 9.86. The second kappa shape index (κ2) is 5.92. The maximum Gasteiger partial charge on any atom is 0.337 e. The van der Waals surface area contributed by atoms with Crippen LogP contribution in [0, 0.1) is 0 Å². The summed E-state index contributed by atoms with van der Waals surface area (Å²) in [6.45, 7) is 10.6. The lowest BCUT2D eigenvalue weighted by molar-refractivity contribution is -0.138. The van der Waals surface area contributed by atoms with E-state index in [2.05, 4.69) is 45.0 Å². The van der Waals surface area contributed by atoms with Crippen LogP contribution in [0.3, 0.4) is 0 Å². The minimum absolute atomic E-state index is 0.0848. The van der Waals surface area contributed by atoms with E-state index >= 15 is 0 Å². The van der Waals surface area contributed by atoms with E-state index in [4.69, 9.17) is 9.47 Å². The Balaban J connectivity index is 2.11. The quantitative estimate of drug-likeness (QED) is 0.779. The number of hydrogen-bond acceptors (Lipinski definition) is 3. The summed E-state index contributed by atoms with van der Waals surface area (Å²) in [5.74, 6) is 0.419. The fourth-order valence-corrected chi connectivity index (χ4v) is 2.48. The van der Waals surface area contributed by atoms with Gasteiger partial charge in [0.25, 0.3) is 0 Å². The van der Waals surface area contributed by atoms with Crippen molar-refractivity contribution in [2.24, 2.45) is 0 Å². The third kappa shape index (κ3) is 3.46. The molecule has 0 radical (unpaired) electrons. The second-order valence-corrected chi connectivity index (χ2v) is 6.44. The first-order valence-electron chi connectivity index (χ1n) is 7.47. The molecule has 0 aliphatic carbocycles. The van der Waals surface area contributed by atoms with Gasteiger partial charge in [-0.3, -0.25) is 0 Å². The molecule has 21 heavy (non-hydrogen) atoms. The zero-order valence-electron chi connectivity index (χ0n) is 13.5. The highest BCUT2D eigenvalue weighted by atomic mass is 16.5. The van der Waals surface area contributed by atoms with Crippen molar-refractivity contribution in [3.8, 4) is 0 Å². The molecular weight excluding hydrogens is 264 g/mol. The Kier molecular flexibility index (Phi) is 4.40. The lowest BCUT2D eigenvalue weighted by Gasteiger charge is -2.20. The minimum Gasteiger partial charge on any atom is -0.489 e. The van der Waals surface area contributed by atoms with Crippen molar-refractivity contribution in [3.63, 3.8) is 0 Å². The van der Waals surface area contributed by atoms with Crippen LogP contribution in [-0.2, 0) is 19.7 Å². The van der Waals surface area contributed by atoms with Gasteiger partial charge in [-0.1, -0.05) is 45.0 Å². The lowest BCUT2D eigenvalue weighted by Crippen LogP contribution is -2.11. The van der Waals surface area contributed by atoms with E-state index in [1.165, 1.54) is 5.56 Å². The Morgan fingerprint density at radius 1 is 1.29 bits per heavy atom. The molecule has 1 aromatic carbocycles. The summed E-state index contributed by atoms with van der Waals surface area (Å²) in [6.07, 6.45) is 0.498. The third-order valence-electron chi connectivity index (χ3n) is 3.80. The predicted octanol–water partition coefficient (Wildman–Crippen LogP) is 4.28. The van der Waals surface area contributed by atoms with E-state index in [1.807, 2.05) is 13.8 Å². The van der Waals surface area contributed by atoms with Gasteiger partial charge in [0.05, 0.1) is 12.2 Å². The number of hydrogen-bond donors (Lipinski definition) is 0. The molecule has 1 atom stereocenters. The molecule has 0 saturated carbocycles. The molecule has 1 aliphatic heterocycles. The number of carbonyl (C=O) groups excluding carboxylic acids is 1. The third-order valence-corrected chi connectivity index (χ3v) is 3.80. The van der Waals surface area contributed by atoms with Crippen LogP contribution >= 0.6 is 0 Å². The van der Waals surface area contributed by atoms with Crippen LogP contribution in [0.15, 0.2) is 35.6 Å². The smallest absolute Gasteiger partial charge is 0.337 e. The van der Waals surface area contributed by atoms with E-state index < -0.39 is 0 Å². The Morgan fingerprint density at radius 3 is 2.43 bits per heavy atom. The summed E-state index contributed by atoms with van der Waals surface area (Å²) in [4.78, 5) is 11.9. The zero-order valence-corrected chi connectivity index (χ0v) is 13.5. The molecule has 3 nitrogen and oxygen atoms in total. The monoisotopic (exact) mass is 288 g/mol. The van der Waals surface area contributed by atoms with Gasteiger partial charge >= 0.3 is 5.97 Å². The number of benzene rings is 1. The highest BCUT2D eigenvalue weighted by Gasteiger charge is 2.30. The van der Waals surface area contributed by atoms with Gasteiger partial charge in [0.2, 0.25) is 0 Å². The van der Waals surface area contributed by atoms with E-state index in [0.717, 1.165) is 5.56 Å². The molecule has 3 heteroatoms. The average molecular weight is 288 g/mol. The van der Waals surface area contributed by atoms with Crippen molar-refractivity contribution in [2.75, 3.05) is 6.61 Å². The van der Waals surface area contributed by atoms with Gasteiger partial charge in [0.15, 0.2) is 0 Å². The second-order valence-electron chi connectivity index (χ2n) is 6.44. The summed E-state index contributed by atoms with van der Waals surface area (Å²) in [7, 11) is 0. The van der Waals surface area contributed by atoms with Crippen molar-refractivity contribution in [1.82, 2.24) is 0 Å². The van der Waals surface area contributed by atoms with E-state index in [0.29, 0.717) is 24.4 Å². The first-order chi connectivity index (χ1) is 9.82. The average Bonchev–Trinajstić information content (AvgIpc) is 2.80. The molecule has 0 spiro atoms. The number of allylic oxidation sites excluding steroid dienone is 1. The molecule has 0 aromatic heterocycles. The maximum atomic E-state index is 11.9. The van der Waals surface area contributed by atoms with Gasteiger partial charge in [0.1, 0.15) is 11.9 Å². The molecular formula is C18H24O3. The fourth-order valence-electron chi connectivity index (χ4n) is 2.48. The first kappa shape index (κ1) is 15.6. The topological polar surface area (TPSA) is 35.5 Å². The SMILES string of the molecule is CCOC(=O)C1=C(C)OC(c2ccc(C(C)(C)C)cc2)C1. The summed E-state index contributed by atoms with van der Waals surface area (Å²) in [6, 6.07) is 8.45. The molecule has 0 fully saturated rings. The van der Waals surface area contributed by atoms with Crippen LogP contribution in [0.2, 0.25) is 0 Å². The van der Waals surface area contributed by atoms with Crippen molar-refractivity contribution in [1.29, 1.82) is 0 Å². The van der Waals surface area contributed by atoms with Crippen LogP contribution in [0.1, 0.15) is 58.3 Å². The van der Waals surface area contributed by atoms with Crippen molar-refractivity contribution in [2.45, 2.75) is 52.6 Å². The van der Waals surface area contributed by atoms with E-state index in [-0.39, 0.29) is 17.5 Å². The molecule has 1 heterocycles. The molecule has 2 rings (SSSR count). The highest BCUT2D eigenvalue weighted by Crippen LogP contribution is 2.37. The summed E-state index contributed by atoms with van der Waals surface area (Å²) in [5.41, 5.74) is 3.18. The molecule has 1 aliphatic rings. The summed E-state index contributed by atoms with van der Waals surface area (Å²) >= 11 is 0. The molecule has 0 N–H and O–H groups in total.